The van der Waals surface area contributed by atoms with Gasteiger partial charge >= 0.3 is 6.09 Å². The molecule has 7 heteroatoms. The minimum Gasteiger partial charge on any atom is -0.490 e. The summed E-state index contributed by atoms with van der Waals surface area (Å²) in [6, 6.07) is 4.49. The Hall–Kier alpha value is -2.31. The van der Waals surface area contributed by atoms with Crippen LogP contribution in [0.5, 0.6) is 5.75 Å². The Kier molecular flexibility index (Phi) is 5.87. The van der Waals surface area contributed by atoms with E-state index in [-0.39, 0.29) is 17.5 Å². The van der Waals surface area contributed by atoms with E-state index in [0.29, 0.717) is 5.75 Å². The molecule has 0 heterocycles. The number of nitrogens with zero attached hydrogens (tertiary/aromatic N) is 2. The summed E-state index contributed by atoms with van der Waals surface area (Å²) < 4.78 is 11.3. The number of hydrogen-bond acceptors (Lipinski definition) is 5. The topological polar surface area (TPSA) is 81.9 Å². The predicted molar refractivity (Wildman–Crippen MR) is 95.2 cm³/mol. The quantitative estimate of drug-likeness (QED) is 0.582. The molecule has 138 valence electrons. The van der Waals surface area contributed by atoms with Gasteiger partial charge < -0.3 is 9.47 Å². The Morgan fingerprint density at radius 2 is 1.88 bits per heavy atom. The van der Waals surface area contributed by atoms with E-state index in [2.05, 4.69) is 0 Å². The van der Waals surface area contributed by atoms with Gasteiger partial charge in [-0.15, -0.1) is 0 Å². The summed E-state index contributed by atoms with van der Waals surface area (Å²) in [5.74, 6) is 0.530. The number of rotatable bonds is 4. The molecule has 0 aromatic heterocycles. The SMILES string of the molecule is CN(C(=O)OC(C)(C)C)c1cc(OC2CCCCC2)ccc1[N+](=O)[O-]. The smallest absolute Gasteiger partial charge is 0.414 e. The van der Waals surface area contributed by atoms with Crippen molar-refractivity contribution in [3.05, 3.63) is 28.3 Å². The third-order valence-electron chi connectivity index (χ3n) is 4.03. The zero-order chi connectivity index (χ0) is 18.6. The van der Waals surface area contributed by atoms with Crippen molar-refractivity contribution in [3.63, 3.8) is 0 Å². The molecule has 1 aliphatic rings. The van der Waals surface area contributed by atoms with Crippen molar-refractivity contribution < 1.29 is 19.2 Å². The number of nitro benzene ring substituents is 1. The van der Waals surface area contributed by atoms with Crippen LogP contribution in [0.15, 0.2) is 18.2 Å². The number of nitro groups is 1. The van der Waals surface area contributed by atoms with Crippen molar-refractivity contribution in [2.75, 3.05) is 11.9 Å². The van der Waals surface area contributed by atoms with Crippen LogP contribution in [-0.4, -0.2) is 29.8 Å². The minimum atomic E-state index is -0.684. The van der Waals surface area contributed by atoms with Gasteiger partial charge in [-0.25, -0.2) is 4.79 Å². The molecule has 1 fully saturated rings. The van der Waals surface area contributed by atoms with Crippen molar-refractivity contribution in [3.8, 4) is 5.75 Å². The fraction of sp³-hybridized carbons (Fsp3) is 0.611. The predicted octanol–water partition coefficient (Wildman–Crippen LogP) is 4.68. The number of anilines is 1. The molecule has 0 bridgehead atoms. The van der Waals surface area contributed by atoms with E-state index in [9.17, 15) is 14.9 Å². The van der Waals surface area contributed by atoms with Gasteiger partial charge in [-0.2, -0.15) is 0 Å². The van der Waals surface area contributed by atoms with Crippen molar-refractivity contribution in [2.45, 2.75) is 64.6 Å². The first-order valence-corrected chi connectivity index (χ1v) is 8.59. The summed E-state index contributed by atoms with van der Waals surface area (Å²) in [6.07, 6.45) is 4.90. The summed E-state index contributed by atoms with van der Waals surface area (Å²) >= 11 is 0. The van der Waals surface area contributed by atoms with E-state index in [1.165, 1.54) is 25.6 Å². The minimum absolute atomic E-state index is 0.120. The van der Waals surface area contributed by atoms with Gasteiger partial charge in [-0.3, -0.25) is 15.0 Å². The first-order valence-electron chi connectivity index (χ1n) is 8.59. The third kappa shape index (κ3) is 5.34. The fourth-order valence-corrected chi connectivity index (χ4v) is 2.80. The normalized spacial score (nSPS) is 15.5. The van der Waals surface area contributed by atoms with Crippen LogP contribution < -0.4 is 9.64 Å². The van der Waals surface area contributed by atoms with E-state index in [1.807, 2.05) is 0 Å². The number of amides is 1. The Morgan fingerprint density at radius 3 is 2.44 bits per heavy atom. The highest BCUT2D eigenvalue weighted by Gasteiger charge is 2.27. The fourth-order valence-electron chi connectivity index (χ4n) is 2.80. The van der Waals surface area contributed by atoms with Crippen LogP contribution >= 0.6 is 0 Å². The number of carbonyl (C=O) groups excluding carboxylic acids is 1. The van der Waals surface area contributed by atoms with Crippen molar-refractivity contribution in [1.82, 2.24) is 0 Å². The maximum Gasteiger partial charge on any atom is 0.414 e. The standard InChI is InChI=1S/C18H26N2O5/c1-18(2,3)25-17(21)19(4)16-12-14(10-11-15(16)20(22)23)24-13-8-6-5-7-9-13/h10-13H,5-9H2,1-4H3. The second kappa shape index (κ2) is 7.72. The Morgan fingerprint density at radius 1 is 1.24 bits per heavy atom. The van der Waals surface area contributed by atoms with Gasteiger partial charge in [0, 0.05) is 19.2 Å². The first-order chi connectivity index (χ1) is 11.7. The summed E-state index contributed by atoms with van der Waals surface area (Å²) in [5.41, 5.74) is -0.687. The lowest BCUT2D eigenvalue weighted by Gasteiger charge is -2.26. The van der Waals surface area contributed by atoms with Gasteiger partial charge in [0.05, 0.1) is 11.0 Å². The lowest BCUT2D eigenvalue weighted by molar-refractivity contribution is -0.384. The Labute approximate surface area is 148 Å². The van der Waals surface area contributed by atoms with Gasteiger partial charge in [0.15, 0.2) is 0 Å². The second-order valence-corrected chi connectivity index (χ2v) is 7.32. The summed E-state index contributed by atoms with van der Waals surface area (Å²) in [5, 5.41) is 11.3. The summed E-state index contributed by atoms with van der Waals surface area (Å²) in [6.45, 7) is 5.24. The van der Waals surface area contributed by atoms with Crippen LogP contribution in [0.4, 0.5) is 16.2 Å². The van der Waals surface area contributed by atoms with Crippen LogP contribution in [0, 0.1) is 10.1 Å². The zero-order valence-electron chi connectivity index (χ0n) is 15.3. The molecule has 0 spiro atoms. The van der Waals surface area contributed by atoms with Gasteiger partial charge in [-0.1, -0.05) is 6.42 Å². The molecule has 0 N–H and O–H groups in total. The van der Waals surface area contributed by atoms with E-state index in [4.69, 9.17) is 9.47 Å². The lowest BCUT2D eigenvalue weighted by Crippen LogP contribution is -2.34. The van der Waals surface area contributed by atoms with Gasteiger partial charge in [-0.05, 0) is 52.5 Å². The Balaban J connectivity index is 2.24. The molecule has 0 radical (unpaired) electrons. The molecule has 0 unspecified atom stereocenters. The maximum absolute atomic E-state index is 12.3. The third-order valence-corrected chi connectivity index (χ3v) is 4.03. The van der Waals surface area contributed by atoms with E-state index in [0.717, 1.165) is 30.6 Å². The van der Waals surface area contributed by atoms with Crippen molar-refractivity contribution in [1.29, 1.82) is 0 Å². The van der Waals surface area contributed by atoms with Gasteiger partial charge in [0.1, 0.15) is 17.0 Å². The number of carbonyl (C=O) groups is 1. The van der Waals surface area contributed by atoms with E-state index < -0.39 is 16.6 Å². The molecule has 1 aromatic rings. The van der Waals surface area contributed by atoms with Crippen LogP contribution in [0.3, 0.4) is 0 Å². The molecule has 1 aliphatic carbocycles. The lowest BCUT2D eigenvalue weighted by atomic mass is 9.98. The molecule has 1 saturated carbocycles. The molecule has 1 aromatic carbocycles. The van der Waals surface area contributed by atoms with Crippen LogP contribution in [0.25, 0.3) is 0 Å². The van der Waals surface area contributed by atoms with E-state index in [1.54, 1.807) is 26.8 Å². The van der Waals surface area contributed by atoms with Gasteiger partial charge in [0.2, 0.25) is 0 Å². The molecule has 25 heavy (non-hydrogen) atoms. The Bertz CT molecular complexity index is 633. The molecule has 2 rings (SSSR count). The molecular formula is C18H26N2O5. The van der Waals surface area contributed by atoms with E-state index >= 15 is 0 Å². The maximum atomic E-state index is 12.3. The number of benzene rings is 1. The molecule has 0 saturated heterocycles. The second-order valence-electron chi connectivity index (χ2n) is 7.32. The largest absolute Gasteiger partial charge is 0.490 e. The van der Waals surface area contributed by atoms with Crippen LogP contribution in [0.1, 0.15) is 52.9 Å². The van der Waals surface area contributed by atoms with Crippen LogP contribution in [-0.2, 0) is 4.74 Å². The zero-order valence-corrected chi connectivity index (χ0v) is 15.3. The first kappa shape index (κ1) is 19.0. The average Bonchev–Trinajstić information content (AvgIpc) is 2.53. The average molecular weight is 350 g/mol. The molecule has 7 nitrogen and oxygen atoms in total. The highest BCUT2D eigenvalue weighted by molar-refractivity contribution is 5.90. The van der Waals surface area contributed by atoms with Crippen molar-refractivity contribution in [2.24, 2.45) is 0 Å². The van der Waals surface area contributed by atoms with Crippen LogP contribution in [0.2, 0.25) is 0 Å². The number of hydrogen-bond donors (Lipinski definition) is 0. The highest BCUT2D eigenvalue weighted by atomic mass is 16.6. The molecular weight excluding hydrogens is 324 g/mol. The van der Waals surface area contributed by atoms with Crippen molar-refractivity contribution >= 4 is 17.5 Å². The summed E-state index contributed by atoms with van der Waals surface area (Å²) in [4.78, 5) is 24.2. The molecule has 0 aliphatic heterocycles. The molecule has 0 atom stereocenters. The summed E-state index contributed by atoms with van der Waals surface area (Å²) in [7, 11) is 1.46. The van der Waals surface area contributed by atoms with Gasteiger partial charge in [0.25, 0.3) is 5.69 Å². The number of ether oxygens (including phenoxy) is 2. The molecule has 1 amide bonds. The monoisotopic (exact) mass is 350 g/mol. The highest BCUT2D eigenvalue weighted by Crippen LogP contribution is 2.34.